The highest BCUT2D eigenvalue weighted by molar-refractivity contribution is 7.99. The van der Waals surface area contributed by atoms with Gasteiger partial charge in [0.05, 0.1) is 4.90 Å². The number of sulfonamides is 1. The molecule has 0 saturated heterocycles. The molecule has 4 nitrogen and oxygen atoms in total. The maximum absolute atomic E-state index is 12.5. The fraction of sp³-hybridized carbons (Fsp3) is 0.714. The van der Waals surface area contributed by atoms with Crippen LogP contribution in [0.15, 0.2) is 16.3 Å². The Hall–Kier alpha value is -0.0800. The third-order valence-corrected chi connectivity index (χ3v) is 6.62. The Balaban J connectivity index is 2.63. The van der Waals surface area contributed by atoms with Gasteiger partial charge in [-0.15, -0.1) is 11.3 Å². The van der Waals surface area contributed by atoms with Gasteiger partial charge in [0.25, 0.3) is 0 Å². The van der Waals surface area contributed by atoms with Crippen LogP contribution in [0.3, 0.4) is 0 Å². The summed E-state index contributed by atoms with van der Waals surface area (Å²) in [6.07, 6.45) is 1.89. The molecule has 122 valence electrons. The molecule has 0 bridgehead atoms. The lowest BCUT2D eigenvalue weighted by Gasteiger charge is -2.14. The van der Waals surface area contributed by atoms with Crippen LogP contribution >= 0.6 is 23.1 Å². The van der Waals surface area contributed by atoms with Gasteiger partial charge in [-0.2, -0.15) is 11.8 Å². The lowest BCUT2D eigenvalue weighted by Crippen LogP contribution is -2.33. The predicted molar refractivity (Wildman–Crippen MR) is 93.7 cm³/mol. The van der Waals surface area contributed by atoms with Gasteiger partial charge in [-0.1, -0.05) is 13.8 Å². The number of hydrogen-bond acceptors (Lipinski definition) is 5. The van der Waals surface area contributed by atoms with Crippen molar-refractivity contribution in [2.75, 3.05) is 18.1 Å². The van der Waals surface area contributed by atoms with Crippen LogP contribution < -0.4 is 10.0 Å². The number of hydrogen-bond donors (Lipinski definition) is 2. The van der Waals surface area contributed by atoms with Crippen molar-refractivity contribution >= 4 is 33.1 Å². The molecule has 1 aromatic heterocycles. The molecule has 1 heterocycles. The Bertz CT molecular complexity index is 500. The Kier molecular flexibility index (Phi) is 8.89. The first-order valence-corrected chi connectivity index (χ1v) is 10.9. The second-order valence-electron chi connectivity index (χ2n) is 4.89. The van der Waals surface area contributed by atoms with E-state index in [1.165, 1.54) is 11.3 Å². The molecule has 0 aliphatic rings. The van der Waals surface area contributed by atoms with Crippen molar-refractivity contribution < 1.29 is 8.42 Å². The minimum Gasteiger partial charge on any atom is -0.312 e. The van der Waals surface area contributed by atoms with Gasteiger partial charge in [0.1, 0.15) is 0 Å². The molecule has 2 N–H and O–H groups in total. The molecule has 0 aromatic carbocycles. The molecule has 0 saturated carbocycles. The number of rotatable bonds is 11. The van der Waals surface area contributed by atoms with Gasteiger partial charge < -0.3 is 5.32 Å². The van der Waals surface area contributed by atoms with Crippen molar-refractivity contribution in [2.45, 2.75) is 51.1 Å². The summed E-state index contributed by atoms with van der Waals surface area (Å²) in [5.41, 5.74) is 0. The van der Waals surface area contributed by atoms with Crippen LogP contribution in [-0.2, 0) is 16.6 Å². The molecule has 1 unspecified atom stereocenters. The first-order chi connectivity index (χ1) is 10.0. The lowest BCUT2D eigenvalue weighted by molar-refractivity contribution is 0.555. The van der Waals surface area contributed by atoms with Crippen molar-refractivity contribution in [3.05, 3.63) is 16.3 Å². The van der Waals surface area contributed by atoms with E-state index >= 15 is 0 Å². The lowest BCUT2D eigenvalue weighted by atomic mass is 10.3. The van der Waals surface area contributed by atoms with Gasteiger partial charge in [-0.25, -0.2) is 13.1 Å². The van der Waals surface area contributed by atoms with Crippen LogP contribution in [-0.4, -0.2) is 32.5 Å². The quantitative estimate of drug-likeness (QED) is 0.602. The number of thioether (sulfide) groups is 1. The van der Waals surface area contributed by atoms with Crippen molar-refractivity contribution in [3.63, 3.8) is 0 Å². The van der Waals surface area contributed by atoms with Gasteiger partial charge in [0, 0.05) is 17.5 Å². The molecule has 1 rings (SSSR count). The van der Waals surface area contributed by atoms with Crippen molar-refractivity contribution in [3.8, 4) is 0 Å². The fourth-order valence-corrected chi connectivity index (χ4v) is 5.37. The molecule has 1 aromatic rings. The molecule has 0 amide bonds. The molecule has 7 heteroatoms. The van der Waals surface area contributed by atoms with Crippen LogP contribution in [0.5, 0.6) is 0 Å². The van der Waals surface area contributed by atoms with Crippen LogP contribution in [0.2, 0.25) is 0 Å². The summed E-state index contributed by atoms with van der Waals surface area (Å²) in [5.74, 6) is 2.05. The summed E-state index contributed by atoms with van der Waals surface area (Å²) >= 11 is 3.32. The van der Waals surface area contributed by atoms with Gasteiger partial charge >= 0.3 is 0 Å². The molecule has 21 heavy (non-hydrogen) atoms. The van der Waals surface area contributed by atoms with E-state index in [-0.39, 0.29) is 6.04 Å². The van der Waals surface area contributed by atoms with Crippen molar-refractivity contribution in [1.82, 2.24) is 10.0 Å². The highest BCUT2D eigenvalue weighted by Crippen LogP contribution is 2.22. The zero-order valence-electron chi connectivity index (χ0n) is 13.0. The average molecular weight is 351 g/mol. The minimum absolute atomic E-state index is 0.0367. The fourth-order valence-electron chi connectivity index (χ4n) is 1.87. The van der Waals surface area contributed by atoms with E-state index in [1.54, 1.807) is 6.07 Å². The molecule has 0 radical (unpaired) electrons. The standard InChI is InChI=1S/C14H26N2O2S3/c1-4-8-15-11-13-14(7-10-20-13)21(17,18)16-12(3)6-9-19-5-2/h7,10,12,15-16H,4-6,8-9,11H2,1-3H3. The smallest absolute Gasteiger partial charge is 0.241 e. The Labute approximate surface area is 137 Å². The highest BCUT2D eigenvalue weighted by Gasteiger charge is 2.21. The second kappa shape index (κ2) is 9.84. The Morgan fingerprint density at radius 3 is 2.81 bits per heavy atom. The summed E-state index contributed by atoms with van der Waals surface area (Å²) in [4.78, 5) is 1.30. The number of thiophene rings is 1. The second-order valence-corrected chi connectivity index (χ2v) is 8.97. The van der Waals surface area contributed by atoms with E-state index in [1.807, 2.05) is 24.1 Å². The normalized spacial score (nSPS) is 13.5. The first-order valence-electron chi connectivity index (χ1n) is 7.38. The minimum atomic E-state index is -3.41. The summed E-state index contributed by atoms with van der Waals surface area (Å²) in [7, 11) is -3.41. The van der Waals surface area contributed by atoms with E-state index in [0.29, 0.717) is 11.4 Å². The van der Waals surface area contributed by atoms with Gasteiger partial charge in [-0.05, 0) is 49.3 Å². The molecule has 0 fully saturated rings. The van der Waals surface area contributed by atoms with E-state index < -0.39 is 10.0 Å². The molecule has 0 aliphatic carbocycles. The topological polar surface area (TPSA) is 58.2 Å². The average Bonchev–Trinajstić information content (AvgIpc) is 2.88. The zero-order valence-corrected chi connectivity index (χ0v) is 15.5. The van der Waals surface area contributed by atoms with Gasteiger partial charge in [0.2, 0.25) is 10.0 Å². The molecule has 1 atom stereocenters. The monoisotopic (exact) mass is 350 g/mol. The van der Waals surface area contributed by atoms with E-state index in [4.69, 9.17) is 0 Å². The molecular weight excluding hydrogens is 324 g/mol. The summed E-state index contributed by atoms with van der Waals surface area (Å²) in [6.45, 7) is 7.64. The van der Waals surface area contributed by atoms with E-state index in [2.05, 4.69) is 23.9 Å². The summed E-state index contributed by atoms with van der Waals surface area (Å²) < 4.78 is 27.7. The number of nitrogens with one attached hydrogen (secondary N) is 2. The van der Waals surface area contributed by atoms with Crippen LogP contribution in [0.25, 0.3) is 0 Å². The molecule has 0 aliphatic heterocycles. The van der Waals surface area contributed by atoms with Crippen LogP contribution in [0, 0.1) is 0 Å². The maximum Gasteiger partial charge on any atom is 0.241 e. The van der Waals surface area contributed by atoms with Gasteiger partial charge in [-0.3, -0.25) is 0 Å². The first kappa shape index (κ1) is 19.0. The SMILES string of the molecule is CCCNCc1sccc1S(=O)(=O)NC(C)CCSCC. The molecule has 0 spiro atoms. The maximum atomic E-state index is 12.5. The van der Waals surface area contributed by atoms with Crippen molar-refractivity contribution in [1.29, 1.82) is 0 Å². The van der Waals surface area contributed by atoms with Crippen LogP contribution in [0.1, 0.15) is 38.5 Å². The third kappa shape index (κ3) is 6.69. The van der Waals surface area contributed by atoms with Gasteiger partial charge in [0.15, 0.2) is 0 Å². The Morgan fingerprint density at radius 2 is 2.14 bits per heavy atom. The van der Waals surface area contributed by atoms with E-state index in [0.717, 1.165) is 35.8 Å². The summed E-state index contributed by atoms with van der Waals surface area (Å²) in [6, 6.07) is 1.66. The molecular formula is C14H26N2O2S3. The summed E-state index contributed by atoms with van der Waals surface area (Å²) in [5, 5.41) is 5.10. The zero-order chi connectivity index (χ0) is 15.7. The van der Waals surface area contributed by atoms with E-state index in [9.17, 15) is 8.42 Å². The predicted octanol–water partition coefficient (Wildman–Crippen LogP) is 3.06. The third-order valence-electron chi connectivity index (χ3n) is 2.96. The van der Waals surface area contributed by atoms with Crippen LogP contribution in [0.4, 0.5) is 0 Å². The Morgan fingerprint density at radius 1 is 1.38 bits per heavy atom. The van der Waals surface area contributed by atoms with Crippen molar-refractivity contribution in [2.24, 2.45) is 0 Å². The highest BCUT2D eigenvalue weighted by atomic mass is 32.2. The largest absolute Gasteiger partial charge is 0.312 e.